The van der Waals surface area contributed by atoms with E-state index in [1.54, 1.807) is 34.2 Å². The minimum atomic E-state index is -1.12. The van der Waals surface area contributed by atoms with Crippen LogP contribution in [0.25, 0.3) is 5.57 Å². The van der Waals surface area contributed by atoms with Gasteiger partial charge in [-0.2, -0.15) is 0 Å². The molecule has 1 saturated carbocycles. The number of aliphatic hydroxyl groups is 1. The number of aromatic nitrogens is 2. The van der Waals surface area contributed by atoms with Gasteiger partial charge in [-0.25, -0.2) is 9.37 Å². The summed E-state index contributed by atoms with van der Waals surface area (Å²) in [6.07, 6.45) is 4.08. The molecule has 2 N–H and O–H groups in total. The zero-order chi connectivity index (χ0) is 24.4. The van der Waals surface area contributed by atoms with Crippen LogP contribution in [0.2, 0.25) is 0 Å². The molecule has 0 spiro atoms. The van der Waals surface area contributed by atoms with Crippen LogP contribution in [-0.4, -0.2) is 67.7 Å². The quantitative estimate of drug-likeness (QED) is 0.663. The Balaban J connectivity index is 1.59. The first-order valence-corrected chi connectivity index (χ1v) is 11.5. The summed E-state index contributed by atoms with van der Waals surface area (Å²) in [5.74, 6) is -0.265. The summed E-state index contributed by atoms with van der Waals surface area (Å²) in [6.45, 7) is 6.41. The Kier molecular flexibility index (Phi) is 5.02. The Morgan fingerprint density at radius 2 is 1.91 bits per heavy atom. The highest BCUT2D eigenvalue weighted by atomic mass is 19.1. The number of aliphatic hydroxyl groups excluding tert-OH is 1. The lowest BCUT2D eigenvalue weighted by Crippen LogP contribution is -2.61. The van der Waals surface area contributed by atoms with E-state index in [0.29, 0.717) is 30.2 Å². The molecule has 3 heterocycles. The number of hydrogen-bond acceptors (Lipinski definition) is 5. The van der Waals surface area contributed by atoms with Crippen molar-refractivity contribution in [3.8, 4) is 0 Å². The molecule has 0 bridgehead atoms. The third-order valence-electron chi connectivity index (χ3n) is 7.38. The highest BCUT2D eigenvalue weighted by molar-refractivity contribution is 6.10. The van der Waals surface area contributed by atoms with Crippen molar-refractivity contribution in [3.63, 3.8) is 0 Å². The molecule has 178 valence electrons. The van der Waals surface area contributed by atoms with Crippen LogP contribution in [0.3, 0.4) is 0 Å². The number of fused-ring (bicyclic) bond motifs is 3. The molecule has 1 aromatic heterocycles. The number of halogens is 1. The molecule has 2 unspecified atom stereocenters. The van der Waals surface area contributed by atoms with Gasteiger partial charge in [-0.05, 0) is 68.0 Å². The van der Waals surface area contributed by atoms with E-state index in [4.69, 9.17) is 5.41 Å². The second kappa shape index (κ2) is 7.59. The highest BCUT2D eigenvalue weighted by Crippen LogP contribution is 2.56. The summed E-state index contributed by atoms with van der Waals surface area (Å²) >= 11 is 0. The van der Waals surface area contributed by atoms with Crippen molar-refractivity contribution in [1.29, 1.82) is 5.41 Å². The predicted octanol–water partition coefficient (Wildman–Crippen LogP) is 2.63. The summed E-state index contributed by atoms with van der Waals surface area (Å²) in [5.41, 5.74) is 1.08. The summed E-state index contributed by atoms with van der Waals surface area (Å²) < 4.78 is 15.3. The zero-order valence-electron chi connectivity index (χ0n) is 19.5. The molecule has 2 amide bonds. The third-order valence-corrected chi connectivity index (χ3v) is 7.38. The van der Waals surface area contributed by atoms with Crippen molar-refractivity contribution < 1.29 is 19.1 Å². The minimum absolute atomic E-state index is 0.140. The second-order valence-electron chi connectivity index (χ2n) is 9.95. The molecule has 2 fully saturated rings. The Bertz CT molecular complexity index is 1230. The van der Waals surface area contributed by atoms with Crippen LogP contribution in [0, 0.1) is 16.6 Å². The standard InChI is InChI=1S/C25H28FN5O3/c1-15(32)22(33)29-10-11-30-23(34)20-13-28-21(31(20)25(30,3)14-29)18(24(2)8-9-24)12-19(27)16-4-6-17(26)7-5-16/h4-7,12-13,15,27,32H,8-11,14H2,1-3H3. The first-order chi connectivity index (χ1) is 16.0. The number of benzene rings is 1. The van der Waals surface area contributed by atoms with Gasteiger partial charge >= 0.3 is 0 Å². The second-order valence-corrected chi connectivity index (χ2v) is 9.95. The van der Waals surface area contributed by atoms with Gasteiger partial charge in [-0.3, -0.25) is 14.2 Å². The number of allylic oxidation sites excluding steroid dienone is 2. The van der Waals surface area contributed by atoms with E-state index in [1.165, 1.54) is 19.1 Å². The molecule has 9 heteroatoms. The smallest absolute Gasteiger partial charge is 0.274 e. The van der Waals surface area contributed by atoms with Gasteiger partial charge in [0.05, 0.1) is 18.5 Å². The van der Waals surface area contributed by atoms with Gasteiger partial charge in [-0.15, -0.1) is 0 Å². The third kappa shape index (κ3) is 3.37. The molecule has 5 rings (SSSR count). The van der Waals surface area contributed by atoms with Crippen molar-refractivity contribution in [3.05, 3.63) is 59.4 Å². The molecule has 1 aliphatic carbocycles. The van der Waals surface area contributed by atoms with E-state index >= 15 is 0 Å². The van der Waals surface area contributed by atoms with Gasteiger partial charge in [0, 0.05) is 18.7 Å². The fourth-order valence-corrected chi connectivity index (χ4v) is 5.09. The maximum Gasteiger partial charge on any atom is 0.274 e. The number of carbonyl (C=O) groups is 2. The average molecular weight is 466 g/mol. The maximum atomic E-state index is 13.4. The number of nitrogens with zero attached hydrogens (tertiary/aromatic N) is 4. The van der Waals surface area contributed by atoms with Crippen LogP contribution in [0.5, 0.6) is 0 Å². The highest BCUT2D eigenvalue weighted by Gasteiger charge is 2.54. The molecule has 2 aromatic rings. The number of amides is 2. The number of piperazine rings is 1. The molecule has 1 saturated heterocycles. The SMILES string of the molecule is CC(O)C(=O)N1CCN2C(=O)c3cnc(C(=CC(=N)c4ccc(F)cc4)C4(C)CC4)n3C2(C)C1. The van der Waals surface area contributed by atoms with Crippen molar-refractivity contribution in [1.82, 2.24) is 19.4 Å². The fourth-order valence-electron chi connectivity index (χ4n) is 5.09. The normalized spacial score (nSPS) is 24.0. The van der Waals surface area contributed by atoms with E-state index in [1.807, 2.05) is 11.5 Å². The minimum Gasteiger partial charge on any atom is -0.384 e. The van der Waals surface area contributed by atoms with Crippen molar-refractivity contribution in [2.75, 3.05) is 19.6 Å². The number of carbonyl (C=O) groups excluding carboxylic acids is 2. The number of hydrogen-bond donors (Lipinski definition) is 2. The number of nitrogens with one attached hydrogen (secondary N) is 1. The van der Waals surface area contributed by atoms with Gasteiger partial charge < -0.3 is 20.3 Å². The molecular formula is C25H28FN5O3. The molecule has 8 nitrogen and oxygen atoms in total. The Morgan fingerprint density at radius 3 is 2.53 bits per heavy atom. The molecule has 2 atom stereocenters. The van der Waals surface area contributed by atoms with Crippen LogP contribution in [-0.2, 0) is 10.5 Å². The van der Waals surface area contributed by atoms with Crippen LogP contribution in [0.15, 0.2) is 36.5 Å². The lowest BCUT2D eigenvalue weighted by atomic mass is 9.93. The monoisotopic (exact) mass is 465 g/mol. The molecule has 0 radical (unpaired) electrons. The Labute approximate surface area is 197 Å². The van der Waals surface area contributed by atoms with E-state index in [9.17, 15) is 19.1 Å². The number of imidazole rings is 1. The van der Waals surface area contributed by atoms with Gasteiger partial charge in [0.15, 0.2) is 0 Å². The largest absolute Gasteiger partial charge is 0.384 e. The first-order valence-electron chi connectivity index (χ1n) is 11.5. The van der Waals surface area contributed by atoms with E-state index in [-0.39, 0.29) is 35.3 Å². The van der Waals surface area contributed by atoms with E-state index in [0.717, 1.165) is 18.4 Å². The van der Waals surface area contributed by atoms with Gasteiger partial charge in [0.2, 0.25) is 0 Å². The van der Waals surface area contributed by atoms with Crippen LogP contribution < -0.4 is 0 Å². The summed E-state index contributed by atoms with van der Waals surface area (Å²) in [7, 11) is 0. The maximum absolute atomic E-state index is 13.4. The molecule has 2 aliphatic heterocycles. The molecule has 34 heavy (non-hydrogen) atoms. The lowest BCUT2D eigenvalue weighted by Gasteiger charge is -2.46. The molecular weight excluding hydrogens is 437 g/mol. The topological polar surface area (TPSA) is 103 Å². The summed E-state index contributed by atoms with van der Waals surface area (Å²) in [6, 6.07) is 5.81. The van der Waals surface area contributed by atoms with E-state index in [2.05, 4.69) is 11.9 Å². The van der Waals surface area contributed by atoms with Gasteiger partial charge in [0.1, 0.15) is 29.1 Å². The van der Waals surface area contributed by atoms with E-state index < -0.39 is 11.8 Å². The Morgan fingerprint density at radius 1 is 1.24 bits per heavy atom. The summed E-state index contributed by atoms with van der Waals surface area (Å²) in [5, 5.41) is 18.5. The van der Waals surface area contributed by atoms with Crippen LogP contribution >= 0.6 is 0 Å². The first kappa shape index (κ1) is 22.5. The molecule has 1 aromatic carbocycles. The van der Waals surface area contributed by atoms with Gasteiger partial charge in [-0.1, -0.05) is 6.92 Å². The van der Waals surface area contributed by atoms with Crippen molar-refractivity contribution >= 4 is 23.1 Å². The summed E-state index contributed by atoms with van der Waals surface area (Å²) in [4.78, 5) is 33.8. The zero-order valence-corrected chi connectivity index (χ0v) is 19.5. The van der Waals surface area contributed by atoms with Crippen LogP contribution in [0.4, 0.5) is 4.39 Å². The fraction of sp³-hybridized carbons (Fsp3) is 0.440. The predicted molar refractivity (Wildman–Crippen MR) is 124 cm³/mol. The van der Waals surface area contributed by atoms with Gasteiger partial charge in [0.25, 0.3) is 11.8 Å². The van der Waals surface area contributed by atoms with Crippen LogP contribution in [0.1, 0.15) is 55.5 Å². The number of rotatable bonds is 5. The Hall–Kier alpha value is -3.33. The lowest BCUT2D eigenvalue weighted by molar-refractivity contribution is -0.145. The molecule has 3 aliphatic rings. The average Bonchev–Trinajstić information content (AvgIpc) is 3.31. The van der Waals surface area contributed by atoms with Crippen molar-refractivity contribution in [2.45, 2.75) is 45.4 Å². The van der Waals surface area contributed by atoms with Crippen molar-refractivity contribution in [2.24, 2.45) is 5.41 Å².